The van der Waals surface area contributed by atoms with Crippen LogP contribution in [0.3, 0.4) is 0 Å². The third-order valence-corrected chi connectivity index (χ3v) is 4.90. The van der Waals surface area contributed by atoms with Gasteiger partial charge in [0, 0.05) is 30.7 Å². The first-order valence-corrected chi connectivity index (χ1v) is 9.40. The highest BCUT2D eigenvalue weighted by atomic mass is 127. The number of nitrogens with zero attached hydrogens (tertiary/aromatic N) is 3. The van der Waals surface area contributed by atoms with Crippen molar-refractivity contribution in [2.45, 2.75) is 39.3 Å². The van der Waals surface area contributed by atoms with Crippen molar-refractivity contribution in [3.63, 3.8) is 0 Å². The molecule has 142 valence electrons. The molecule has 0 spiro atoms. The van der Waals surface area contributed by atoms with Crippen molar-refractivity contribution in [3.8, 4) is 0 Å². The molecule has 2 aromatic rings. The fourth-order valence-electron chi connectivity index (χ4n) is 3.56. The van der Waals surface area contributed by atoms with Crippen LogP contribution >= 0.6 is 24.0 Å². The van der Waals surface area contributed by atoms with E-state index < -0.39 is 0 Å². The number of likely N-dealkylation sites (N-methyl/N-ethyl adjacent to an activating group) is 1. The summed E-state index contributed by atoms with van der Waals surface area (Å²) in [7, 11) is 0. The second-order valence-corrected chi connectivity index (χ2v) is 6.48. The number of likely N-dealkylation sites (tertiary alicyclic amines) is 1. The third kappa shape index (κ3) is 5.30. The monoisotopic (exact) mass is 467 g/mol. The van der Waals surface area contributed by atoms with E-state index in [-0.39, 0.29) is 24.0 Å². The number of fused-ring (bicyclic) bond motifs is 1. The molecule has 0 aliphatic carbocycles. The first kappa shape index (κ1) is 20.9. The number of guanidine groups is 1. The van der Waals surface area contributed by atoms with E-state index in [2.05, 4.69) is 58.6 Å². The molecule has 1 saturated heterocycles. The van der Waals surface area contributed by atoms with Gasteiger partial charge >= 0.3 is 0 Å². The van der Waals surface area contributed by atoms with Crippen LogP contribution in [0.1, 0.15) is 32.4 Å². The molecule has 1 atom stereocenters. The maximum absolute atomic E-state index is 4.76. The van der Waals surface area contributed by atoms with Gasteiger partial charge < -0.3 is 10.6 Å². The minimum atomic E-state index is 0. The van der Waals surface area contributed by atoms with Crippen LogP contribution in [0.2, 0.25) is 0 Å². The Morgan fingerprint density at radius 2 is 2.08 bits per heavy atom. The second kappa shape index (κ2) is 10.7. The van der Waals surface area contributed by atoms with Crippen LogP contribution in [0.15, 0.2) is 41.5 Å². The molecule has 26 heavy (non-hydrogen) atoms. The molecule has 0 amide bonds. The van der Waals surface area contributed by atoms with Crippen LogP contribution in [0, 0.1) is 0 Å². The van der Waals surface area contributed by atoms with E-state index >= 15 is 0 Å². The number of nitrogens with one attached hydrogen (secondary N) is 2. The van der Waals surface area contributed by atoms with Gasteiger partial charge in [-0.2, -0.15) is 0 Å². The zero-order valence-electron chi connectivity index (χ0n) is 15.7. The number of hydrogen-bond acceptors (Lipinski definition) is 3. The Morgan fingerprint density at radius 1 is 1.23 bits per heavy atom. The Labute approximate surface area is 173 Å². The van der Waals surface area contributed by atoms with E-state index in [1.165, 1.54) is 30.2 Å². The highest BCUT2D eigenvalue weighted by Crippen LogP contribution is 2.17. The van der Waals surface area contributed by atoms with Crippen molar-refractivity contribution in [2.75, 3.05) is 26.2 Å². The van der Waals surface area contributed by atoms with Crippen LogP contribution in [0.5, 0.6) is 0 Å². The lowest BCUT2D eigenvalue weighted by Crippen LogP contribution is -2.44. The van der Waals surface area contributed by atoms with Crippen molar-refractivity contribution < 1.29 is 0 Å². The van der Waals surface area contributed by atoms with Gasteiger partial charge in [-0.3, -0.25) is 9.88 Å². The Morgan fingerprint density at radius 3 is 2.88 bits per heavy atom. The van der Waals surface area contributed by atoms with Crippen molar-refractivity contribution >= 4 is 40.7 Å². The summed E-state index contributed by atoms with van der Waals surface area (Å²) >= 11 is 0. The summed E-state index contributed by atoms with van der Waals surface area (Å²) in [5.74, 6) is 0.875. The number of hydrogen-bond donors (Lipinski definition) is 2. The summed E-state index contributed by atoms with van der Waals surface area (Å²) in [4.78, 5) is 11.8. The number of rotatable bonds is 6. The average Bonchev–Trinajstić information content (AvgIpc) is 3.11. The van der Waals surface area contributed by atoms with Gasteiger partial charge in [-0.05, 0) is 44.3 Å². The smallest absolute Gasteiger partial charge is 0.191 e. The van der Waals surface area contributed by atoms with E-state index in [4.69, 9.17) is 4.99 Å². The van der Waals surface area contributed by atoms with Crippen LogP contribution < -0.4 is 10.6 Å². The number of pyridine rings is 1. The summed E-state index contributed by atoms with van der Waals surface area (Å²) in [5, 5.41) is 9.26. The third-order valence-electron chi connectivity index (χ3n) is 4.90. The number of aliphatic imine (C=N–C) groups is 1. The number of benzene rings is 1. The molecule has 1 aliphatic heterocycles. The molecule has 0 bridgehead atoms. The van der Waals surface area contributed by atoms with E-state index in [1.54, 1.807) is 0 Å². The van der Waals surface area contributed by atoms with Crippen molar-refractivity contribution in [3.05, 3.63) is 42.2 Å². The van der Waals surface area contributed by atoms with Gasteiger partial charge in [0.05, 0.1) is 12.2 Å². The topological polar surface area (TPSA) is 52.6 Å². The molecule has 2 heterocycles. The molecule has 6 heteroatoms. The minimum Gasteiger partial charge on any atom is -0.357 e. The molecule has 5 nitrogen and oxygen atoms in total. The van der Waals surface area contributed by atoms with Crippen LogP contribution in [0.25, 0.3) is 10.8 Å². The molecule has 0 saturated carbocycles. The molecule has 2 N–H and O–H groups in total. The highest BCUT2D eigenvalue weighted by Gasteiger charge is 2.22. The Kier molecular flexibility index (Phi) is 8.58. The lowest BCUT2D eigenvalue weighted by Gasteiger charge is -2.24. The van der Waals surface area contributed by atoms with Gasteiger partial charge in [-0.1, -0.05) is 31.2 Å². The van der Waals surface area contributed by atoms with Gasteiger partial charge in [0.2, 0.25) is 0 Å². The molecule has 3 rings (SSSR count). The summed E-state index contributed by atoms with van der Waals surface area (Å²) in [6, 6.07) is 11.0. The summed E-state index contributed by atoms with van der Waals surface area (Å²) in [6.45, 7) is 9.07. The summed E-state index contributed by atoms with van der Waals surface area (Å²) in [5.41, 5.74) is 1.02. The maximum atomic E-state index is 4.76. The predicted octanol–water partition coefficient (Wildman–Crippen LogP) is 3.39. The molecule has 1 aromatic heterocycles. The average molecular weight is 467 g/mol. The number of aromatic nitrogens is 1. The van der Waals surface area contributed by atoms with Crippen LogP contribution in [-0.4, -0.2) is 48.1 Å². The summed E-state index contributed by atoms with van der Waals surface area (Å²) in [6.07, 6.45) is 4.43. The normalized spacial score (nSPS) is 17.9. The zero-order chi connectivity index (χ0) is 17.5. The van der Waals surface area contributed by atoms with Gasteiger partial charge in [0.25, 0.3) is 0 Å². The quantitative estimate of drug-likeness (QED) is 0.389. The Bertz CT molecular complexity index is 713. The molecule has 0 radical (unpaired) electrons. The van der Waals surface area contributed by atoms with E-state index in [9.17, 15) is 0 Å². The number of halogens is 1. The van der Waals surface area contributed by atoms with Gasteiger partial charge in [-0.15, -0.1) is 24.0 Å². The molecular weight excluding hydrogens is 437 g/mol. The molecule has 1 aromatic carbocycles. The zero-order valence-corrected chi connectivity index (χ0v) is 18.1. The van der Waals surface area contributed by atoms with Crippen LogP contribution in [-0.2, 0) is 6.54 Å². The van der Waals surface area contributed by atoms with E-state index in [1.807, 2.05) is 12.3 Å². The van der Waals surface area contributed by atoms with E-state index in [0.717, 1.165) is 31.3 Å². The fraction of sp³-hybridized carbons (Fsp3) is 0.500. The first-order chi connectivity index (χ1) is 12.3. The highest BCUT2D eigenvalue weighted by molar-refractivity contribution is 14.0. The Hall–Kier alpha value is -1.41. The SMILES string of the molecule is CCNC(=NCc1nccc2ccccc12)NCC1CCCN1CC.I. The predicted molar refractivity (Wildman–Crippen MR) is 120 cm³/mol. The second-order valence-electron chi connectivity index (χ2n) is 6.48. The first-order valence-electron chi connectivity index (χ1n) is 9.40. The molecular formula is C20H30IN5. The fourth-order valence-corrected chi connectivity index (χ4v) is 3.56. The lowest BCUT2D eigenvalue weighted by molar-refractivity contribution is 0.267. The lowest BCUT2D eigenvalue weighted by atomic mass is 10.1. The molecule has 1 aliphatic rings. The van der Waals surface area contributed by atoms with Crippen LogP contribution in [0.4, 0.5) is 0 Å². The van der Waals surface area contributed by atoms with Gasteiger partial charge in [-0.25, -0.2) is 4.99 Å². The van der Waals surface area contributed by atoms with E-state index in [0.29, 0.717) is 12.6 Å². The van der Waals surface area contributed by atoms with Gasteiger partial charge in [0.15, 0.2) is 5.96 Å². The minimum absolute atomic E-state index is 0. The maximum Gasteiger partial charge on any atom is 0.191 e. The van der Waals surface area contributed by atoms with Crippen molar-refractivity contribution in [1.82, 2.24) is 20.5 Å². The Balaban J connectivity index is 0.00000243. The largest absolute Gasteiger partial charge is 0.357 e. The van der Waals surface area contributed by atoms with Gasteiger partial charge in [0.1, 0.15) is 0 Å². The van der Waals surface area contributed by atoms with Crippen molar-refractivity contribution in [1.29, 1.82) is 0 Å². The summed E-state index contributed by atoms with van der Waals surface area (Å²) < 4.78 is 0. The van der Waals surface area contributed by atoms with Crippen molar-refractivity contribution in [2.24, 2.45) is 4.99 Å². The molecule has 1 fully saturated rings. The standard InChI is InChI=1S/C20H29N5.HI/c1-3-21-20(23-14-17-9-7-13-25(17)4-2)24-15-19-18-10-6-5-8-16(18)11-12-22-19;/h5-6,8,10-12,17H,3-4,7,9,13-15H2,1-2H3,(H2,21,23,24);1H. The molecule has 1 unspecified atom stereocenters.